The van der Waals surface area contributed by atoms with Gasteiger partial charge in [-0.25, -0.2) is 0 Å². The molecule has 1 nitrogen and oxygen atoms in total. The zero-order valence-corrected chi connectivity index (χ0v) is 9.54. The number of rotatable bonds is 1. The standard InChI is InChI=1S/C11H13N.C2H6/c1-9-4-3-5-11(6-7-12)8-10(9)2;1-2/h3-5,8-9H,6H2,1-2H3;1-2H3. The van der Waals surface area contributed by atoms with Crippen LogP contribution >= 0.6 is 0 Å². The molecular formula is C13H19N. The van der Waals surface area contributed by atoms with E-state index in [1.54, 1.807) is 0 Å². The molecule has 0 saturated carbocycles. The molecule has 0 aromatic rings. The predicted molar refractivity (Wildman–Crippen MR) is 61.7 cm³/mol. The molecule has 0 spiro atoms. The van der Waals surface area contributed by atoms with E-state index < -0.39 is 0 Å². The first-order valence-corrected chi connectivity index (χ1v) is 5.16. The summed E-state index contributed by atoms with van der Waals surface area (Å²) in [5, 5.41) is 8.52. The maximum atomic E-state index is 8.52. The molecule has 1 aliphatic rings. The quantitative estimate of drug-likeness (QED) is 0.611. The lowest BCUT2D eigenvalue weighted by molar-refractivity contribution is 0.863. The third-order valence-electron chi connectivity index (χ3n) is 2.12. The number of hydrogen-bond donors (Lipinski definition) is 0. The largest absolute Gasteiger partial charge is 0.198 e. The Labute approximate surface area is 87.4 Å². The molecule has 1 heteroatoms. The highest BCUT2D eigenvalue weighted by Gasteiger charge is 2.03. The average Bonchev–Trinajstić information content (AvgIpc) is 2.34. The molecule has 0 aromatic carbocycles. The molecule has 1 rings (SSSR count). The second-order valence-corrected chi connectivity index (χ2v) is 3.14. The lowest BCUT2D eigenvalue weighted by Gasteiger charge is -2.04. The first kappa shape index (κ1) is 12.7. The van der Waals surface area contributed by atoms with Crippen LogP contribution in [0.3, 0.4) is 0 Å². The van der Waals surface area contributed by atoms with Crippen molar-refractivity contribution in [1.29, 1.82) is 5.26 Å². The van der Waals surface area contributed by atoms with Gasteiger partial charge in [0.15, 0.2) is 0 Å². The van der Waals surface area contributed by atoms with E-state index in [2.05, 4.69) is 32.1 Å². The molecule has 0 aliphatic heterocycles. The third-order valence-corrected chi connectivity index (χ3v) is 2.12. The number of hydrogen-bond acceptors (Lipinski definition) is 1. The van der Waals surface area contributed by atoms with Gasteiger partial charge in [0.1, 0.15) is 0 Å². The van der Waals surface area contributed by atoms with Gasteiger partial charge in [-0.15, -0.1) is 0 Å². The van der Waals surface area contributed by atoms with Crippen LogP contribution in [-0.2, 0) is 0 Å². The van der Waals surface area contributed by atoms with Crippen LogP contribution in [0.4, 0.5) is 0 Å². The molecule has 14 heavy (non-hydrogen) atoms. The van der Waals surface area contributed by atoms with Gasteiger partial charge in [0, 0.05) is 0 Å². The highest BCUT2D eigenvalue weighted by molar-refractivity contribution is 5.34. The Hall–Kier alpha value is -1.29. The van der Waals surface area contributed by atoms with E-state index in [0.29, 0.717) is 12.3 Å². The van der Waals surface area contributed by atoms with E-state index in [0.717, 1.165) is 5.57 Å². The highest BCUT2D eigenvalue weighted by Crippen LogP contribution is 2.18. The maximum Gasteiger partial charge on any atom is 0.0669 e. The van der Waals surface area contributed by atoms with E-state index in [1.165, 1.54) is 5.57 Å². The molecule has 76 valence electrons. The van der Waals surface area contributed by atoms with Crippen molar-refractivity contribution < 1.29 is 0 Å². The number of nitrogens with zero attached hydrogens (tertiary/aromatic N) is 1. The summed E-state index contributed by atoms with van der Waals surface area (Å²) in [6.07, 6.45) is 8.80. The Bertz CT molecular complexity index is 287. The molecule has 0 saturated heterocycles. The molecule has 1 atom stereocenters. The minimum absolute atomic E-state index is 0.498. The monoisotopic (exact) mass is 189 g/mol. The van der Waals surface area contributed by atoms with Gasteiger partial charge in [-0.1, -0.05) is 50.6 Å². The Morgan fingerprint density at radius 3 is 2.64 bits per heavy atom. The second kappa shape index (κ2) is 7.15. The van der Waals surface area contributed by atoms with Gasteiger partial charge >= 0.3 is 0 Å². The number of allylic oxidation sites excluding steroid dienone is 6. The molecular weight excluding hydrogens is 170 g/mol. The first-order chi connectivity index (χ1) is 6.74. The summed E-state index contributed by atoms with van der Waals surface area (Å²) >= 11 is 0. The van der Waals surface area contributed by atoms with Crippen molar-refractivity contribution in [1.82, 2.24) is 0 Å². The van der Waals surface area contributed by atoms with Crippen molar-refractivity contribution in [3.63, 3.8) is 0 Å². The molecule has 0 bridgehead atoms. The fraction of sp³-hybridized carbons (Fsp3) is 0.462. The molecule has 1 unspecified atom stereocenters. The third kappa shape index (κ3) is 4.09. The van der Waals surface area contributed by atoms with Crippen LogP contribution in [0, 0.1) is 17.2 Å². The van der Waals surface area contributed by atoms with E-state index in [9.17, 15) is 0 Å². The lowest BCUT2D eigenvalue weighted by atomic mass is 10.0. The van der Waals surface area contributed by atoms with Crippen LogP contribution in [0.2, 0.25) is 0 Å². The van der Waals surface area contributed by atoms with Gasteiger partial charge in [0.25, 0.3) is 0 Å². The zero-order chi connectivity index (χ0) is 11.0. The summed E-state index contributed by atoms with van der Waals surface area (Å²) < 4.78 is 0. The lowest BCUT2D eigenvalue weighted by Crippen LogP contribution is -1.89. The minimum atomic E-state index is 0.498. The average molecular weight is 189 g/mol. The Morgan fingerprint density at radius 1 is 1.43 bits per heavy atom. The zero-order valence-electron chi connectivity index (χ0n) is 9.54. The van der Waals surface area contributed by atoms with E-state index >= 15 is 0 Å². The Kier molecular flexibility index (Phi) is 6.49. The van der Waals surface area contributed by atoms with Gasteiger partial charge in [-0.05, 0) is 18.4 Å². The fourth-order valence-electron chi connectivity index (χ4n) is 1.17. The summed E-state index contributed by atoms with van der Waals surface area (Å²) in [7, 11) is 0. The van der Waals surface area contributed by atoms with Crippen molar-refractivity contribution in [2.24, 2.45) is 5.92 Å². The smallest absolute Gasteiger partial charge is 0.0669 e. The van der Waals surface area contributed by atoms with E-state index in [1.807, 2.05) is 26.0 Å². The topological polar surface area (TPSA) is 23.8 Å². The first-order valence-electron chi connectivity index (χ1n) is 5.16. The Balaban J connectivity index is 0.000000791. The summed E-state index contributed by atoms with van der Waals surface area (Å²) in [4.78, 5) is 0. The fourth-order valence-corrected chi connectivity index (χ4v) is 1.17. The second-order valence-electron chi connectivity index (χ2n) is 3.14. The van der Waals surface area contributed by atoms with Crippen LogP contribution < -0.4 is 0 Å². The van der Waals surface area contributed by atoms with Crippen LogP contribution in [0.1, 0.15) is 34.1 Å². The van der Waals surface area contributed by atoms with Gasteiger partial charge in [0.2, 0.25) is 0 Å². The van der Waals surface area contributed by atoms with E-state index in [-0.39, 0.29) is 0 Å². The van der Waals surface area contributed by atoms with Gasteiger partial charge in [-0.2, -0.15) is 5.26 Å². The van der Waals surface area contributed by atoms with Crippen molar-refractivity contribution >= 4 is 0 Å². The van der Waals surface area contributed by atoms with Crippen LogP contribution in [0.25, 0.3) is 0 Å². The van der Waals surface area contributed by atoms with E-state index in [4.69, 9.17) is 5.26 Å². The Morgan fingerprint density at radius 2 is 2.07 bits per heavy atom. The van der Waals surface area contributed by atoms with Crippen LogP contribution in [-0.4, -0.2) is 0 Å². The molecule has 0 heterocycles. The van der Waals surface area contributed by atoms with Gasteiger partial charge in [0.05, 0.1) is 12.5 Å². The number of nitriles is 1. The molecule has 0 aromatic heterocycles. The molecule has 0 fully saturated rings. The van der Waals surface area contributed by atoms with Gasteiger partial charge in [-0.3, -0.25) is 0 Å². The SMILES string of the molecule is CC.CC1=CC(CC#N)=CC=CC1C. The molecule has 1 aliphatic carbocycles. The summed E-state index contributed by atoms with van der Waals surface area (Å²) in [6, 6.07) is 2.15. The van der Waals surface area contributed by atoms with Crippen molar-refractivity contribution in [3.05, 3.63) is 35.5 Å². The summed E-state index contributed by atoms with van der Waals surface area (Å²) in [5.41, 5.74) is 2.43. The highest BCUT2D eigenvalue weighted by atomic mass is 14.2. The van der Waals surface area contributed by atoms with Crippen molar-refractivity contribution in [2.75, 3.05) is 0 Å². The molecule has 0 amide bonds. The maximum absolute atomic E-state index is 8.52. The molecule has 0 N–H and O–H groups in total. The molecule has 0 radical (unpaired) electrons. The summed E-state index contributed by atoms with van der Waals surface area (Å²) in [6.45, 7) is 8.26. The summed E-state index contributed by atoms with van der Waals surface area (Å²) in [5.74, 6) is 0.498. The minimum Gasteiger partial charge on any atom is -0.198 e. The van der Waals surface area contributed by atoms with Gasteiger partial charge < -0.3 is 0 Å². The van der Waals surface area contributed by atoms with Crippen LogP contribution in [0.5, 0.6) is 0 Å². The normalized spacial score (nSPS) is 19.5. The van der Waals surface area contributed by atoms with Crippen molar-refractivity contribution in [2.45, 2.75) is 34.1 Å². The van der Waals surface area contributed by atoms with Crippen LogP contribution in [0.15, 0.2) is 35.5 Å². The van der Waals surface area contributed by atoms with Crippen molar-refractivity contribution in [3.8, 4) is 6.07 Å². The predicted octanol–water partition coefficient (Wildman–Crippen LogP) is 4.00.